The summed E-state index contributed by atoms with van der Waals surface area (Å²) in [6.45, 7) is -2.23. The first kappa shape index (κ1) is 24.5. The van der Waals surface area contributed by atoms with Crippen LogP contribution in [0.5, 0.6) is 0 Å². The van der Waals surface area contributed by atoms with Gasteiger partial charge in [-0.3, -0.25) is 4.99 Å². The van der Waals surface area contributed by atoms with E-state index in [2.05, 4.69) is 19.7 Å². The molecule has 3 atom stereocenters. The summed E-state index contributed by atoms with van der Waals surface area (Å²) >= 11 is 1.43. The van der Waals surface area contributed by atoms with E-state index in [1.165, 1.54) is 17.4 Å². The Labute approximate surface area is 206 Å². The number of rotatable bonds is 7. The molecule has 1 saturated heterocycles. The fourth-order valence-corrected chi connectivity index (χ4v) is 8.20. The van der Waals surface area contributed by atoms with Gasteiger partial charge in [0.2, 0.25) is 10.0 Å². The van der Waals surface area contributed by atoms with E-state index in [0.29, 0.717) is 42.2 Å². The summed E-state index contributed by atoms with van der Waals surface area (Å²) < 4.78 is 54.3. The highest BCUT2D eigenvalue weighted by Gasteiger charge is 2.47. The topological polar surface area (TPSA) is 133 Å². The fourth-order valence-electron chi connectivity index (χ4n) is 5.74. The minimum atomic E-state index is -3.61. The summed E-state index contributed by atoms with van der Waals surface area (Å²) in [6.07, 6.45) is 6.66. The number of amidine groups is 1. The number of nitrogens with one attached hydrogen (secondary N) is 1. The zero-order valence-electron chi connectivity index (χ0n) is 18.9. The average Bonchev–Trinajstić information content (AvgIpc) is 3.50. The molecule has 13 heteroatoms. The molecule has 0 amide bonds. The van der Waals surface area contributed by atoms with Crippen LogP contribution in [0, 0.1) is 11.8 Å². The van der Waals surface area contributed by atoms with Gasteiger partial charge < -0.3 is 15.7 Å². The van der Waals surface area contributed by atoms with Gasteiger partial charge in [-0.1, -0.05) is 0 Å². The van der Waals surface area contributed by atoms with Gasteiger partial charge in [0.05, 0.1) is 17.9 Å². The van der Waals surface area contributed by atoms with Crippen molar-refractivity contribution in [1.82, 2.24) is 14.6 Å². The first-order valence-electron chi connectivity index (χ1n) is 11.6. The van der Waals surface area contributed by atoms with E-state index >= 15 is 0 Å². The maximum absolute atomic E-state index is 13.3. The Morgan fingerprint density at radius 3 is 2.74 bits per heavy atom. The van der Waals surface area contributed by atoms with Crippen molar-refractivity contribution < 1.29 is 22.3 Å². The van der Waals surface area contributed by atoms with Gasteiger partial charge in [0.25, 0.3) is 0 Å². The second kappa shape index (κ2) is 9.68. The maximum atomic E-state index is 13.3. The lowest BCUT2D eigenvalue weighted by Gasteiger charge is -2.32. The molecule has 35 heavy (non-hydrogen) atoms. The minimum absolute atomic E-state index is 0.0445. The molecule has 5 rings (SSSR count). The van der Waals surface area contributed by atoms with E-state index in [9.17, 15) is 22.3 Å². The molecule has 0 aromatic carbocycles. The van der Waals surface area contributed by atoms with Crippen LogP contribution in [-0.4, -0.2) is 72.5 Å². The van der Waals surface area contributed by atoms with E-state index < -0.39 is 34.0 Å². The molecule has 4 aliphatic rings. The molecule has 1 aromatic rings. The highest BCUT2D eigenvalue weighted by atomic mass is 32.2. The number of nitrogens with two attached hydrogens (primary N) is 1. The van der Waals surface area contributed by atoms with Crippen molar-refractivity contribution in [2.24, 2.45) is 27.6 Å². The van der Waals surface area contributed by atoms with Crippen LogP contribution >= 0.6 is 11.3 Å². The largest absolute Gasteiger partial charge is 0.398 e. The van der Waals surface area contributed by atoms with Crippen molar-refractivity contribution in [3.05, 3.63) is 39.6 Å². The number of fused-ring (bicyclic) bond motifs is 3. The Kier molecular flexibility index (Phi) is 6.77. The third-order valence-corrected chi connectivity index (χ3v) is 10.1. The standard InChI is InChI=1S/C22H28F2N6O3S2/c23-22(24)27-4-3-17(25)16-10-28-20(21-26-5-6-34-21)30-11-14(9-18(16)30)29-35(32,33)15-7-12-1-2-13(8-15)19(12)31/h3-6,12-15,19,22,29,31H,1-2,7-11,25H2. The van der Waals surface area contributed by atoms with Gasteiger partial charge in [0, 0.05) is 53.8 Å². The summed E-state index contributed by atoms with van der Waals surface area (Å²) in [4.78, 5) is 13.9. The van der Waals surface area contributed by atoms with Gasteiger partial charge in [-0.05, 0) is 43.6 Å². The summed E-state index contributed by atoms with van der Waals surface area (Å²) in [5.41, 5.74) is 7.91. The third kappa shape index (κ3) is 4.91. The van der Waals surface area contributed by atoms with Crippen molar-refractivity contribution in [2.75, 3.05) is 13.1 Å². The number of halogens is 2. The van der Waals surface area contributed by atoms with Gasteiger partial charge in [-0.15, -0.1) is 11.3 Å². The zero-order valence-corrected chi connectivity index (χ0v) is 20.6. The molecule has 9 nitrogen and oxygen atoms in total. The molecule has 0 spiro atoms. The number of hydrogen-bond donors (Lipinski definition) is 3. The Hall–Kier alpha value is -2.22. The Balaban J connectivity index is 1.38. The van der Waals surface area contributed by atoms with Crippen LogP contribution in [0.15, 0.2) is 44.6 Å². The first-order valence-corrected chi connectivity index (χ1v) is 14.1. The van der Waals surface area contributed by atoms with E-state index in [1.54, 1.807) is 6.20 Å². The molecule has 2 bridgehead atoms. The number of allylic oxidation sites excluding steroid dienone is 1. The molecule has 0 radical (unpaired) electrons. The molecular formula is C22H28F2N6O3S2. The van der Waals surface area contributed by atoms with Gasteiger partial charge in [0.15, 0.2) is 10.8 Å². The van der Waals surface area contributed by atoms with E-state index in [4.69, 9.17) is 5.73 Å². The van der Waals surface area contributed by atoms with Gasteiger partial charge >= 0.3 is 6.55 Å². The second-order valence-corrected chi connectivity index (χ2v) is 12.3. The molecule has 3 fully saturated rings. The van der Waals surface area contributed by atoms with Crippen molar-refractivity contribution in [2.45, 2.75) is 56.0 Å². The maximum Gasteiger partial charge on any atom is 0.331 e. The molecule has 1 aromatic heterocycles. The predicted octanol–water partition coefficient (Wildman–Crippen LogP) is 1.84. The number of hydrogen-bond acceptors (Lipinski definition) is 9. The smallest absolute Gasteiger partial charge is 0.331 e. The molecule has 3 heterocycles. The molecule has 2 aliphatic carbocycles. The zero-order chi connectivity index (χ0) is 24.7. The van der Waals surface area contributed by atoms with Crippen LogP contribution in [0.2, 0.25) is 0 Å². The minimum Gasteiger partial charge on any atom is -0.398 e. The number of aliphatic hydroxyl groups excluding tert-OH is 1. The Morgan fingerprint density at radius 2 is 2.09 bits per heavy atom. The molecule has 2 aliphatic heterocycles. The second-order valence-electron chi connectivity index (χ2n) is 9.46. The monoisotopic (exact) mass is 526 g/mol. The van der Waals surface area contributed by atoms with E-state index in [-0.39, 0.29) is 24.1 Å². The Morgan fingerprint density at radius 1 is 1.34 bits per heavy atom. The number of aliphatic hydroxyl groups is 1. The number of aliphatic imine (C=N–C) groups is 2. The Bertz CT molecular complexity index is 1170. The molecule has 3 unspecified atom stereocenters. The summed E-state index contributed by atoms with van der Waals surface area (Å²) in [6, 6.07) is -0.403. The molecule has 4 N–H and O–H groups in total. The first-order chi connectivity index (χ1) is 16.7. The van der Waals surface area contributed by atoms with Crippen molar-refractivity contribution in [3.8, 4) is 0 Å². The van der Waals surface area contributed by atoms with Crippen molar-refractivity contribution >= 4 is 33.4 Å². The highest BCUT2D eigenvalue weighted by Crippen LogP contribution is 2.44. The molecule has 2 saturated carbocycles. The summed E-state index contributed by atoms with van der Waals surface area (Å²) in [7, 11) is -3.61. The predicted molar refractivity (Wildman–Crippen MR) is 130 cm³/mol. The van der Waals surface area contributed by atoms with Crippen LogP contribution in [0.4, 0.5) is 8.78 Å². The van der Waals surface area contributed by atoms with Crippen LogP contribution in [0.1, 0.15) is 37.1 Å². The summed E-state index contributed by atoms with van der Waals surface area (Å²) in [5.74, 6) is 0.736. The highest BCUT2D eigenvalue weighted by molar-refractivity contribution is 7.90. The average molecular weight is 527 g/mol. The van der Waals surface area contributed by atoms with Crippen LogP contribution in [-0.2, 0) is 10.0 Å². The van der Waals surface area contributed by atoms with E-state index in [0.717, 1.165) is 24.8 Å². The van der Waals surface area contributed by atoms with Gasteiger partial charge in [0.1, 0.15) is 0 Å². The lowest BCUT2D eigenvalue weighted by Crippen LogP contribution is -2.46. The number of sulfonamides is 1. The van der Waals surface area contributed by atoms with Gasteiger partial charge in [-0.2, -0.15) is 8.78 Å². The normalized spacial score (nSPS) is 31.5. The summed E-state index contributed by atoms with van der Waals surface area (Å²) in [5, 5.41) is 12.3. The number of nitrogens with zero attached hydrogens (tertiary/aromatic N) is 4. The third-order valence-electron chi connectivity index (χ3n) is 7.36. The number of thiazole rings is 1. The quantitative estimate of drug-likeness (QED) is 0.367. The molecular weight excluding hydrogens is 498 g/mol. The van der Waals surface area contributed by atoms with Crippen LogP contribution in [0.25, 0.3) is 0 Å². The van der Waals surface area contributed by atoms with Gasteiger partial charge in [-0.25, -0.2) is 23.1 Å². The van der Waals surface area contributed by atoms with Crippen molar-refractivity contribution in [3.63, 3.8) is 0 Å². The van der Waals surface area contributed by atoms with Crippen LogP contribution < -0.4 is 10.5 Å². The van der Waals surface area contributed by atoms with E-state index in [1.807, 2.05) is 10.3 Å². The lowest BCUT2D eigenvalue weighted by molar-refractivity contribution is 0.0616. The number of alkyl halides is 2. The molecule has 190 valence electrons. The lowest BCUT2D eigenvalue weighted by atomic mass is 9.86. The SMILES string of the molecule is NC(=CC=NC(F)F)C1=C2CC(NS(=O)(=O)C3CC4CCC(C3)C4O)CN2C(c2nccs2)=NC1. The van der Waals surface area contributed by atoms with Crippen molar-refractivity contribution in [1.29, 1.82) is 0 Å². The van der Waals surface area contributed by atoms with Crippen LogP contribution in [0.3, 0.4) is 0 Å². The fraction of sp³-hybridized carbons (Fsp3) is 0.591. The number of aromatic nitrogens is 1.